The van der Waals surface area contributed by atoms with Crippen LogP contribution in [0.5, 0.6) is 6.01 Å². The largest absolute Gasteiger partial charge is 0.457 e. The summed E-state index contributed by atoms with van der Waals surface area (Å²) >= 11 is 0. The minimum atomic E-state index is -3.31. The number of rotatable bonds is 8. The molecule has 9 heteroatoms. The monoisotopic (exact) mass is 335 g/mol. The van der Waals surface area contributed by atoms with Gasteiger partial charge in [-0.25, -0.2) is 9.37 Å². The zero-order valence-electron chi connectivity index (χ0n) is 12.2. The predicted molar refractivity (Wildman–Crippen MR) is 73.4 cm³/mol. The normalized spacial score (nSPS) is 14.3. The molecule has 2 rings (SSSR count). The molecule has 0 saturated heterocycles. The highest BCUT2D eigenvalue weighted by Gasteiger charge is 2.38. The van der Waals surface area contributed by atoms with Crippen molar-refractivity contribution in [3.8, 4) is 6.01 Å². The second-order valence-corrected chi connectivity index (χ2v) is 5.11. The molecule has 23 heavy (non-hydrogen) atoms. The Labute approximate surface area is 129 Å². The quantitative estimate of drug-likeness (QED) is 0.583. The molecular formula is C14H14F5N3O. The van der Waals surface area contributed by atoms with Crippen molar-refractivity contribution >= 4 is 5.82 Å². The number of halogens is 5. The molecule has 0 saturated carbocycles. The van der Waals surface area contributed by atoms with Crippen LogP contribution in [-0.4, -0.2) is 35.0 Å². The fraction of sp³-hybridized carbons (Fsp3) is 0.429. The van der Waals surface area contributed by atoms with Gasteiger partial charge in [-0.15, -0.1) is 0 Å². The van der Waals surface area contributed by atoms with Crippen LogP contribution in [0, 0.1) is 5.82 Å². The number of anilines is 1. The predicted octanol–water partition coefficient (Wildman–Crippen LogP) is 3.58. The summed E-state index contributed by atoms with van der Waals surface area (Å²) in [4.78, 5) is 6.87. The highest BCUT2D eigenvalue weighted by Crippen LogP contribution is 2.36. The molecule has 0 radical (unpaired) electrons. The Hall–Kier alpha value is -2.19. The molecule has 126 valence electrons. The summed E-state index contributed by atoms with van der Waals surface area (Å²) in [6.45, 7) is 2.29. The van der Waals surface area contributed by atoms with Gasteiger partial charge >= 0.3 is 11.9 Å². The van der Waals surface area contributed by atoms with Crippen molar-refractivity contribution in [3.63, 3.8) is 0 Å². The van der Waals surface area contributed by atoms with Crippen LogP contribution in [0.3, 0.4) is 0 Å². The summed E-state index contributed by atoms with van der Waals surface area (Å²) in [6, 6.07) is -0.552. The molecule has 0 unspecified atom stereocenters. The van der Waals surface area contributed by atoms with Crippen molar-refractivity contribution in [3.05, 3.63) is 35.8 Å². The van der Waals surface area contributed by atoms with Crippen molar-refractivity contribution in [1.82, 2.24) is 9.97 Å². The van der Waals surface area contributed by atoms with E-state index < -0.39 is 48.2 Å². The third-order valence-electron chi connectivity index (χ3n) is 3.08. The van der Waals surface area contributed by atoms with Crippen molar-refractivity contribution in [1.29, 1.82) is 0 Å². The summed E-state index contributed by atoms with van der Waals surface area (Å²) in [7, 11) is 0. The molecule has 0 atom stereocenters. The van der Waals surface area contributed by atoms with Gasteiger partial charge in [-0.3, -0.25) is 0 Å². The van der Waals surface area contributed by atoms with Crippen LogP contribution in [-0.2, 0) is 0 Å². The Morgan fingerprint density at radius 3 is 2.61 bits per heavy atom. The Morgan fingerprint density at radius 2 is 2.04 bits per heavy atom. The van der Waals surface area contributed by atoms with Gasteiger partial charge < -0.3 is 10.1 Å². The second kappa shape index (κ2) is 6.13. The molecule has 1 aliphatic rings. The van der Waals surface area contributed by atoms with Gasteiger partial charge in [0.05, 0.1) is 12.7 Å². The molecular weight excluding hydrogens is 321 g/mol. The average molecular weight is 335 g/mol. The van der Waals surface area contributed by atoms with E-state index >= 15 is 0 Å². The maximum Gasteiger partial charge on any atom is 0.318 e. The lowest BCUT2D eigenvalue weighted by molar-refractivity contribution is -0.00850. The van der Waals surface area contributed by atoms with Crippen molar-refractivity contribution < 1.29 is 26.7 Å². The molecule has 0 amide bonds. The van der Waals surface area contributed by atoms with Gasteiger partial charge in [-0.05, 0) is 18.9 Å². The van der Waals surface area contributed by atoms with Gasteiger partial charge in [0.25, 0.3) is 5.92 Å². The first kappa shape index (κ1) is 17.2. The number of alkyl halides is 4. The number of nitrogens with zero attached hydrogens (tertiary/aromatic N) is 2. The third kappa shape index (κ3) is 4.40. The summed E-state index contributed by atoms with van der Waals surface area (Å²) in [5.74, 6) is -7.97. The fourth-order valence-electron chi connectivity index (χ4n) is 1.48. The summed E-state index contributed by atoms with van der Waals surface area (Å²) in [6.07, 6.45) is 2.22. The van der Waals surface area contributed by atoms with E-state index in [4.69, 9.17) is 0 Å². The molecule has 1 aromatic heterocycles. The standard InChI is InChI=1S/C14H14F5N3O/c1-8(2)14(18,19)7-23-12-20-5-10(15)11(22-12)21-6-13(16,17)9-3-4-9/h3,5H,1,4,6-7H2,2H3,(H,20,21,22). The topological polar surface area (TPSA) is 47.0 Å². The smallest absolute Gasteiger partial charge is 0.318 e. The van der Waals surface area contributed by atoms with E-state index in [-0.39, 0.29) is 12.0 Å². The van der Waals surface area contributed by atoms with Crippen LogP contribution < -0.4 is 10.1 Å². The van der Waals surface area contributed by atoms with Gasteiger partial charge in [0, 0.05) is 5.57 Å². The van der Waals surface area contributed by atoms with E-state index in [1.54, 1.807) is 0 Å². The molecule has 0 fully saturated rings. The lowest BCUT2D eigenvalue weighted by atomic mass is 10.2. The summed E-state index contributed by atoms with van der Waals surface area (Å²) in [5, 5.41) is 2.13. The van der Waals surface area contributed by atoms with Gasteiger partial charge in [-0.1, -0.05) is 12.7 Å². The highest BCUT2D eigenvalue weighted by molar-refractivity contribution is 5.39. The van der Waals surface area contributed by atoms with Crippen molar-refractivity contribution in [2.45, 2.75) is 25.2 Å². The maximum absolute atomic E-state index is 13.5. The Bertz CT molecular complexity index is 645. The fourth-order valence-corrected chi connectivity index (χ4v) is 1.48. The average Bonchev–Trinajstić information content (AvgIpc) is 3.30. The molecule has 1 aromatic rings. The zero-order chi connectivity index (χ0) is 17.3. The number of hydrogen-bond donors (Lipinski definition) is 1. The number of nitrogens with one attached hydrogen (secondary N) is 1. The lowest BCUT2D eigenvalue weighted by Gasteiger charge is -2.17. The first-order valence-electron chi connectivity index (χ1n) is 6.62. The van der Waals surface area contributed by atoms with Crippen molar-refractivity contribution in [2.75, 3.05) is 18.5 Å². The Morgan fingerprint density at radius 1 is 1.39 bits per heavy atom. The first-order chi connectivity index (χ1) is 10.6. The van der Waals surface area contributed by atoms with E-state index in [2.05, 4.69) is 26.6 Å². The Balaban J connectivity index is 2.01. The SMILES string of the molecule is C=C(C)C(F)(F)COc1ncc(F)c(NCC(F)(F)C2=CC2)n1. The minimum Gasteiger partial charge on any atom is -0.457 e. The van der Waals surface area contributed by atoms with E-state index in [0.717, 1.165) is 6.92 Å². The molecule has 4 nitrogen and oxygen atoms in total. The van der Waals surface area contributed by atoms with Crippen LogP contribution in [0.1, 0.15) is 13.3 Å². The van der Waals surface area contributed by atoms with Crippen molar-refractivity contribution in [2.24, 2.45) is 0 Å². The lowest BCUT2D eigenvalue weighted by Crippen LogP contribution is -2.28. The van der Waals surface area contributed by atoms with Gasteiger partial charge in [0.1, 0.15) is 0 Å². The molecule has 0 aromatic carbocycles. The minimum absolute atomic E-state index is 0.0444. The molecule has 0 aliphatic heterocycles. The number of aromatic nitrogens is 2. The maximum atomic E-state index is 13.5. The number of hydrogen-bond acceptors (Lipinski definition) is 4. The zero-order valence-corrected chi connectivity index (χ0v) is 12.2. The molecule has 1 N–H and O–H groups in total. The Kier molecular flexibility index (Phi) is 4.58. The third-order valence-corrected chi connectivity index (χ3v) is 3.08. The number of ether oxygens (including phenoxy) is 1. The number of allylic oxidation sites excluding steroid dienone is 1. The van der Waals surface area contributed by atoms with Gasteiger partial charge in [0.2, 0.25) is 0 Å². The van der Waals surface area contributed by atoms with E-state index in [0.29, 0.717) is 6.20 Å². The second-order valence-electron chi connectivity index (χ2n) is 5.11. The summed E-state index contributed by atoms with van der Waals surface area (Å²) in [5.41, 5.74) is -0.465. The van der Waals surface area contributed by atoms with Crippen LogP contribution >= 0.6 is 0 Å². The van der Waals surface area contributed by atoms with E-state index in [1.165, 1.54) is 6.08 Å². The molecule has 1 heterocycles. The van der Waals surface area contributed by atoms with Crippen LogP contribution in [0.15, 0.2) is 30.0 Å². The van der Waals surface area contributed by atoms with E-state index in [1.807, 2.05) is 0 Å². The van der Waals surface area contributed by atoms with Crippen LogP contribution in [0.25, 0.3) is 0 Å². The van der Waals surface area contributed by atoms with Gasteiger partial charge in [0.15, 0.2) is 18.2 Å². The molecule has 0 bridgehead atoms. The summed E-state index contributed by atoms with van der Waals surface area (Å²) < 4.78 is 71.8. The van der Waals surface area contributed by atoms with Crippen LogP contribution in [0.2, 0.25) is 0 Å². The first-order valence-corrected chi connectivity index (χ1v) is 6.62. The highest BCUT2D eigenvalue weighted by atomic mass is 19.3. The molecule has 0 spiro atoms. The van der Waals surface area contributed by atoms with E-state index in [9.17, 15) is 22.0 Å². The van der Waals surface area contributed by atoms with Gasteiger partial charge in [-0.2, -0.15) is 22.5 Å². The molecule has 1 aliphatic carbocycles. The van der Waals surface area contributed by atoms with Crippen LogP contribution in [0.4, 0.5) is 27.8 Å².